The fourth-order valence-electron chi connectivity index (χ4n) is 1.94. The number of rotatable bonds is 2. The number of halogens is 1. The van der Waals surface area contributed by atoms with Crippen LogP contribution in [0.5, 0.6) is 0 Å². The topological polar surface area (TPSA) is 45.9 Å². The third kappa shape index (κ3) is 2.58. The highest BCUT2D eigenvalue weighted by Crippen LogP contribution is 2.23. The molecule has 0 fully saturated rings. The highest BCUT2D eigenvalue weighted by molar-refractivity contribution is 8.93. The number of aromatic nitrogens is 1. The molecule has 1 aromatic heterocycles. The molecule has 0 amide bonds. The van der Waals surface area contributed by atoms with Gasteiger partial charge in [-0.2, -0.15) is 0 Å². The molecular weight excluding hydrogens is 276 g/mol. The summed E-state index contributed by atoms with van der Waals surface area (Å²) < 4.78 is 1.88. The van der Waals surface area contributed by atoms with Crippen molar-refractivity contribution in [1.29, 1.82) is 5.41 Å². The van der Waals surface area contributed by atoms with E-state index in [4.69, 9.17) is 5.41 Å². The number of carbonyl (C=O) groups is 1. The standard InChI is InChI=1S/C10H14N2OS.BrH/c1-7(13)6-12-8-4-2-3-5-9(8)14-10(12)11;/h11H,2-6H2,1H3;1H. The van der Waals surface area contributed by atoms with Gasteiger partial charge in [0.05, 0.1) is 6.54 Å². The van der Waals surface area contributed by atoms with Crippen molar-refractivity contribution in [2.75, 3.05) is 0 Å². The van der Waals surface area contributed by atoms with Gasteiger partial charge in [0.1, 0.15) is 5.78 Å². The van der Waals surface area contributed by atoms with Gasteiger partial charge in [0.15, 0.2) is 4.80 Å². The number of hydrogen-bond donors (Lipinski definition) is 1. The Labute approximate surface area is 103 Å². The maximum absolute atomic E-state index is 11.0. The van der Waals surface area contributed by atoms with Crippen LogP contribution < -0.4 is 4.80 Å². The van der Waals surface area contributed by atoms with Crippen LogP contribution in [0.4, 0.5) is 0 Å². The molecule has 2 rings (SSSR count). The van der Waals surface area contributed by atoms with Crippen LogP contribution in [0, 0.1) is 5.41 Å². The summed E-state index contributed by atoms with van der Waals surface area (Å²) >= 11 is 1.54. The molecule has 0 saturated heterocycles. The van der Waals surface area contributed by atoms with Crippen LogP contribution in [-0.2, 0) is 24.2 Å². The first-order valence-electron chi connectivity index (χ1n) is 4.94. The molecule has 1 aliphatic rings. The van der Waals surface area contributed by atoms with Gasteiger partial charge < -0.3 is 4.57 Å². The Balaban J connectivity index is 0.00000112. The highest BCUT2D eigenvalue weighted by atomic mass is 79.9. The lowest BCUT2D eigenvalue weighted by atomic mass is 10.0. The van der Waals surface area contributed by atoms with Gasteiger partial charge in [-0.3, -0.25) is 10.2 Å². The quantitative estimate of drug-likeness (QED) is 0.891. The molecule has 1 N–H and O–H groups in total. The Morgan fingerprint density at radius 3 is 2.80 bits per heavy atom. The Hall–Kier alpha value is -0.420. The molecule has 0 radical (unpaired) electrons. The second kappa shape index (κ2) is 5.07. The SMILES string of the molecule is Br.CC(=O)Cn1c2c(sc1=N)CCCC2. The molecule has 0 atom stereocenters. The van der Waals surface area contributed by atoms with Gasteiger partial charge in [0, 0.05) is 10.6 Å². The van der Waals surface area contributed by atoms with Crippen LogP contribution in [-0.4, -0.2) is 10.4 Å². The predicted molar refractivity (Wildman–Crippen MR) is 65.8 cm³/mol. The summed E-state index contributed by atoms with van der Waals surface area (Å²) in [5, 5.41) is 7.79. The van der Waals surface area contributed by atoms with Crippen molar-refractivity contribution in [2.24, 2.45) is 0 Å². The molecular formula is C10H15BrN2OS. The molecule has 1 aromatic rings. The number of nitrogens with one attached hydrogen (secondary N) is 1. The van der Waals surface area contributed by atoms with Crippen LogP contribution in [0.15, 0.2) is 0 Å². The van der Waals surface area contributed by atoms with E-state index in [1.165, 1.54) is 34.7 Å². The zero-order valence-corrected chi connectivity index (χ0v) is 11.2. The lowest BCUT2D eigenvalue weighted by molar-refractivity contribution is -0.117. The molecule has 0 aromatic carbocycles. The summed E-state index contributed by atoms with van der Waals surface area (Å²) in [5.74, 6) is 0.134. The molecule has 0 saturated carbocycles. The lowest BCUT2D eigenvalue weighted by Crippen LogP contribution is -2.21. The summed E-state index contributed by atoms with van der Waals surface area (Å²) in [6.07, 6.45) is 4.56. The van der Waals surface area contributed by atoms with E-state index in [9.17, 15) is 4.79 Å². The summed E-state index contributed by atoms with van der Waals surface area (Å²) in [5.41, 5.74) is 1.24. The Morgan fingerprint density at radius 1 is 1.47 bits per heavy atom. The van der Waals surface area contributed by atoms with Crippen LogP contribution in [0.25, 0.3) is 0 Å². The van der Waals surface area contributed by atoms with Crippen molar-refractivity contribution in [1.82, 2.24) is 4.57 Å². The largest absolute Gasteiger partial charge is 0.314 e. The van der Waals surface area contributed by atoms with Gasteiger partial charge >= 0.3 is 0 Å². The normalized spacial score (nSPS) is 14.2. The van der Waals surface area contributed by atoms with Crippen molar-refractivity contribution < 1.29 is 4.79 Å². The first-order chi connectivity index (χ1) is 6.68. The van der Waals surface area contributed by atoms with Crippen LogP contribution in [0.1, 0.15) is 30.3 Å². The van der Waals surface area contributed by atoms with Crippen molar-refractivity contribution >= 4 is 34.1 Å². The fourth-order valence-corrected chi connectivity index (χ4v) is 3.04. The molecule has 0 spiro atoms. The number of fused-ring (bicyclic) bond motifs is 1. The highest BCUT2D eigenvalue weighted by Gasteiger charge is 2.16. The Morgan fingerprint density at radius 2 is 2.13 bits per heavy atom. The van der Waals surface area contributed by atoms with E-state index in [0.29, 0.717) is 11.3 Å². The molecule has 0 unspecified atom stereocenters. The predicted octanol–water partition coefficient (Wildman–Crippen LogP) is 2.07. The van der Waals surface area contributed by atoms with E-state index in [2.05, 4.69) is 0 Å². The second-order valence-electron chi connectivity index (χ2n) is 3.77. The van der Waals surface area contributed by atoms with Crippen LogP contribution in [0.3, 0.4) is 0 Å². The zero-order chi connectivity index (χ0) is 10.1. The zero-order valence-electron chi connectivity index (χ0n) is 8.71. The smallest absolute Gasteiger partial charge is 0.182 e. The number of ketones is 1. The minimum atomic E-state index is 0. The monoisotopic (exact) mass is 290 g/mol. The van der Waals surface area contributed by atoms with Crippen LogP contribution in [0.2, 0.25) is 0 Å². The number of hydrogen-bond acceptors (Lipinski definition) is 3. The summed E-state index contributed by atoms with van der Waals surface area (Å²) in [7, 11) is 0. The summed E-state index contributed by atoms with van der Waals surface area (Å²) in [4.78, 5) is 12.9. The van der Waals surface area contributed by atoms with E-state index in [0.717, 1.165) is 12.8 Å². The molecule has 84 valence electrons. The molecule has 0 bridgehead atoms. The molecule has 1 aliphatic carbocycles. The molecule has 0 aliphatic heterocycles. The maximum atomic E-state index is 11.0. The minimum absolute atomic E-state index is 0. The van der Waals surface area contributed by atoms with Gasteiger partial charge in [-0.1, -0.05) is 0 Å². The summed E-state index contributed by atoms with van der Waals surface area (Å²) in [6, 6.07) is 0. The third-order valence-corrected chi connectivity index (χ3v) is 3.66. The first kappa shape index (κ1) is 12.6. The number of thiazole rings is 1. The van der Waals surface area contributed by atoms with Crippen molar-refractivity contribution in [3.8, 4) is 0 Å². The van der Waals surface area contributed by atoms with E-state index >= 15 is 0 Å². The van der Waals surface area contributed by atoms with Gasteiger partial charge in [-0.15, -0.1) is 28.3 Å². The number of aryl methyl sites for hydroxylation is 1. The van der Waals surface area contributed by atoms with Gasteiger partial charge in [-0.05, 0) is 32.6 Å². The lowest BCUT2D eigenvalue weighted by Gasteiger charge is -2.13. The molecule has 1 heterocycles. The van der Waals surface area contributed by atoms with Crippen molar-refractivity contribution in [3.63, 3.8) is 0 Å². The van der Waals surface area contributed by atoms with Gasteiger partial charge in [-0.25, -0.2) is 0 Å². The average molecular weight is 291 g/mol. The third-order valence-electron chi connectivity index (χ3n) is 2.56. The van der Waals surface area contributed by atoms with E-state index in [-0.39, 0.29) is 22.8 Å². The Bertz CT molecular complexity index is 422. The Kier molecular flexibility index (Phi) is 4.28. The van der Waals surface area contributed by atoms with E-state index in [1.54, 1.807) is 6.92 Å². The molecule has 15 heavy (non-hydrogen) atoms. The number of carbonyl (C=O) groups excluding carboxylic acids is 1. The molecule has 5 heteroatoms. The first-order valence-corrected chi connectivity index (χ1v) is 5.75. The minimum Gasteiger partial charge on any atom is -0.314 e. The number of Topliss-reactive ketones (excluding diaryl/α,β-unsaturated/α-hetero) is 1. The van der Waals surface area contributed by atoms with E-state index in [1.807, 2.05) is 4.57 Å². The molecule has 3 nitrogen and oxygen atoms in total. The number of nitrogens with zero attached hydrogens (tertiary/aromatic N) is 1. The maximum Gasteiger partial charge on any atom is 0.182 e. The van der Waals surface area contributed by atoms with Gasteiger partial charge in [0.2, 0.25) is 0 Å². The fraction of sp³-hybridized carbons (Fsp3) is 0.600. The average Bonchev–Trinajstić information content (AvgIpc) is 2.43. The van der Waals surface area contributed by atoms with Crippen molar-refractivity contribution in [3.05, 3.63) is 15.4 Å². The van der Waals surface area contributed by atoms with Gasteiger partial charge in [0.25, 0.3) is 0 Å². The van der Waals surface area contributed by atoms with E-state index < -0.39 is 0 Å². The van der Waals surface area contributed by atoms with Crippen LogP contribution >= 0.6 is 28.3 Å². The second-order valence-corrected chi connectivity index (χ2v) is 4.86. The van der Waals surface area contributed by atoms with Crippen molar-refractivity contribution in [2.45, 2.75) is 39.2 Å². The summed E-state index contributed by atoms with van der Waals surface area (Å²) in [6.45, 7) is 1.96.